The van der Waals surface area contributed by atoms with E-state index < -0.39 is 0 Å². The van der Waals surface area contributed by atoms with E-state index >= 15 is 0 Å². The van der Waals surface area contributed by atoms with Gasteiger partial charge >= 0.3 is 0 Å². The summed E-state index contributed by atoms with van der Waals surface area (Å²) in [4.78, 5) is 26.3. The Morgan fingerprint density at radius 1 is 0.265 bits per heavy atom. The van der Waals surface area contributed by atoms with E-state index in [4.69, 9.17) is 24.9 Å². The zero-order valence-electron chi connectivity index (χ0n) is 36.6. The number of hydrogen-bond donors (Lipinski definition) is 0. The van der Waals surface area contributed by atoms with E-state index in [1.165, 1.54) is 0 Å². The summed E-state index contributed by atoms with van der Waals surface area (Å²) in [6.45, 7) is 0. The highest BCUT2D eigenvalue weighted by molar-refractivity contribution is 6.29. The number of rotatable bonds is 8. The minimum absolute atomic E-state index is 0.545. The van der Waals surface area contributed by atoms with Crippen molar-refractivity contribution in [2.24, 2.45) is 0 Å². The van der Waals surface area contributed by atoms with Gasteiger partial charge in [0.2, 0.25) is 5.95 Å². The molecule has 0 saturated carbocycles. The SMILES string of the molecule is c1ccc(-c2cccc(-c3nc(-c4ccccc4)nc(-n4c5ccccc5c5c6c7ccccc7n(-c7ccccc7-c7nc(-c8ccccc8)cc(-c8ccccc8)n7)c6ccc54)n3)c2)cc1. The second-order valence-corrected chi connectivity index (χ2v) is 16.9. The van der Waals surface area contributed by atoms with Crippen LogP contribution in [0.5, 0.6) is 0 Å². The standard InChI is InChI=1S/C61H39N7/c1-5-20-40(21-6-1)44-28-19-29-45(38-44)59-64-58(43-26-11-4-12-27-43)65-61(66-59)68-52-34-17-14-31-47(52)57-55(68)37-36-54-56(57)46-30-13-16-33-51(46)67(54)53-35-18-15-32-48(53)60-62-49(41-22-7-2-8-23-41)39-50(63-60)42-24-9-3-10-25-42/h1-39H. The third kappa shape index (κ3) is 6.64. The van der Waals surface area contributed by atoms with Crippen LogP contribution in [0.2, 0.25) is 0 Å². The zero-order chi connectivity index (χ0) is 45.0. The lowest BCUT2D eigenvalue weighted by atomic mass is 10.0. The second-order valence-electron chi connectivity index (χ2n) is 16.9. The summed E-state index contributed by atoms with van der Waals surface area (Å²) in [6, 6.07) is 82.0. The molecule has 0 saturated heterocycles. The summed E-state index contributed by atoms with van der Waals surface area (Å²) in [5, 5.41) is 4.49. The molecule has 4 aromatic heterocycles. The van der Waals surface area contributed by atoms with Gasteiger partial charge in [0, 0.05) is 49.4 Å². The maximum Gasteiger partial charge on any atom is 0.238 e. The molecule has 0 N–H and O–H groups in total. The summed E-state index contributed by atoms with van der Waals surface area (Å²) in [5.41, 5.74) is 13.9. The molecule has 4 heterocycles. The average molecular weight is 870 g/mol. The van der Waals surface area contributed by atoms with Gasteiger partial charge in [-0.15, -0.1) is 0 Å². The fourth-order valence-corrected chi connectivity index (χ4v) is 9.71. The molecule has 0 unspecified atom stereocenters. The van der Waals surface area contributed by atoms with Crippen LogP contribution < -0.4 is 0 Å². The topological polar surface area (TPSA) is 74.3 Å². The first-order chi connectivity index (χ1) is 33.7. The molecule has 13 rings (SSSR count). The Balaban J connectivity index is 1.05. The molecule has 0 spiro atoms. The number of benzene rings is 9. The number of fused-ring (bicyclic) bond motifs is 7. The van der Waals surface area contributed by atoms with Crippen molar-refractivity contribution in [1.29, 1.82) is 0 Å². The van der Waals surface area contributed by atoms with Crippen LogP contribution in [0, 0.1) is 0 Å². The van der Waals surface area contributed by atoms with Crippen LogP contribution in [0.15, 0.2) is 237 Å². The number of para-hydroxylation sites is 3. The number of aromatic nitrogens is 7. The summed E-state index contributed by atoms with van der Waals surface area (Å²) >= 11 is 0. The molecule has 0 amide bonds. The third-order valence-electron chi connectivity index (χ3n) is 12.8. The molecule has 68 heavy (non-hydrogen) atoms. The van der Waals surface area contributed by atoms with Gasteiger partial charge in [0.15, 0.2) is 17.5 Å². The van der Waals surface area contributed by atoms with Crippen LogP contribution in [0.25, 0.3) is 123 Å². The van der Waals surface area contributed by atoms with Crippen LogP contribution in [-0.4, -0.2) is 34.1 Å². The highest BCUT2D eigenvalue weighted by Gasteiger charge is 2.24. The Hall–Kier alpha value is -9.33. The quantitative estimate of drug-likeness (QED) is 0.152. The minimum Gasteiger partial charge on any atom is -0.308 e. The van der Waals surface area contributed by atoms with Gasteiger partial charge in [-0.3, -0.25) is 4.57 Å². The maximum atomic E-state index is 5.33. The molecule has 7 nitrogen and oxygen atoms in total. The van der Waals surface area contributed by atoms with E-state index in [0.717, 1.165) is 99.6 Å². The Labute approximate surface area is 392 Å². The summed E-state index contributed by atoms with van der Waals surface area (Å²) in [5.74, 6) is 2.40. The van der Waals surface area contributed by atoms with Gasteiger partial charge in [-0.25, -0.2) is 15.0 Å². The maximum absolute atomic E-state index is 5.33. The smallest absolute Gasteiger partial charge is 0.238 e. The summed E-state index contributed by atoms with van der Waals surface area (Å²) in [7, 11) is 0. The first kappa shape index (κ1) is 39.1. The van der Waals surface area contributed by atoms with Gasteiger partial charge in [-0.2, -0.15) is 9.97 Å². The van der Waals surface area contributed by atoms with E-state index in [9.17, 15) is 0 Å². The molecule has 0 atom stereocenters. The first-order valence-corrected chi connectivity index (χ1v) is 22.8. The highest BCUT2D eigenvalue weighted by Crippen LogP contribution is 2.43. The fraction of sp³-hybridized carbons (Fsp3) is 0. The van der Waals surface area contributed by atoms with Crippen molar-refractivity contribution in [3.63, 3.8) is 0 Å². The Morgan fingerprint density at radius 3 is 1.34 bits per heavy atom. The lowest BCUT2D eigenvalue weighted by Crippen LogP contribution is -2.06. The summed E-state index contributed by atoms with van der Waals surface area (Å²) in [6.07, 6.45) is 0. The monoisotopic (exact) mass is 869 g/mol. The van der Waals surface area contributed by atoms with E-state index in [2.05, 4.69) is 209 Å². The average Bonchev–Trinajstić information content (AvgIpc) is 3.94. The molecule has 0 aliphatic rings. The molecule has 0 radical (unpaired) electrons. The molecule has 9 aromatic carbocycles. The lowest BCUT2D eigenvalue weighted by Gasteiger charge is -2.15. The van der Waals surface area contributed by atoms with Gasteiger partial charge in [0.25, 0.3) is 0 Å². The molecular formula is C61H39N7. The number of nitrogens with zero attached hydrogens (tertiary/aromatic N) is 7. The first-order valence-electron chi connectivity index (χ1n) is 22.8. The number of hydrogen-bond acceptors (Lipinski definition) is 5. The fourth-order valence-electron chi connectivity index (χ4n) is 9.71. The Morgan fingerprint density at radius 2 is 0.721 bits per heavy atom. The minimum atomic E-state index is 0.545. The van der Waals surface area contributed by atoms with Gasteiger partial charge in [-0.1, -0.05) is 188 Å². The van der Waals surface area contributed by atoms with Crippen molar-refractivity contribution in [3.8, 4) is 79.4 Å². The van der Waals surface area contributed by atoms with E-state index in [0.29, 0.717) is 23.4 Å². The second kappa shape index (κ2) is 16.3. The van der Waals surface area contributed by atoms with E-state index in [1.54, 1.807) is 0 Å². The Bertz CT molecular complexity index is 3950. The molecule has 0 fully saturated rings. The van der Waals surface area contributed by atoms with Gasteiger partial charge in [0.05, 0.1) is 39.1 Å². The molecule has 318 valence electrons. The van der Waals surface area contributed by atoms with E-state index in [1.807, 2.05) is 36.4 Å². The predicted molar refractivity (Wildman–Crippen MR) is 277 cm³/mol. The van der Waals surface area contributed by atoms with Crippen LogP contribution in [0.4, 0.5) is 0 Å². The molecule has 0 bridgehead atoms. The molecule has 13 aromatic rings. The third-order valence-corrected chi connectivity index (χ3v) is 12.8. The van der Waals surface area contributed by atoms with Crippen molar-refractivity contribution in [3.05, 3.63) is 237 Å². The van der Waals surface area contributed by atoms with Gasteiger partial charge < -0.3 is 4.57 Å². The largest absolute Gasteiger partial charge is 0.308 e. The van der Waals surface area contributed by atoms with Crippen LogP contribution in [0.3, 0.4) is 0 Å². The molecule has 7 heteroatoms. The van der Waals surface area contributed by atoms with Crippen molar-refractivity contribution >= 4 is 43.6 Å². The van der Waals surface area contributed by atoms with E-state index in [-0.39, 0.29) is 0 Å². The molecular weight excluding hydrogens is 831 g/mol. The van der Waals surface area contributed by atoms with Crippen molar-refractivity contribution in [2.75, 3.05) is 0 Å². The van der Waals surface area contributed by atoms with Crippen LogP contribution in [-0.2, 0) is 0 Å². The van der Waals surface area contributed by atoms with Gasteiger partial charge in [-0.05, 0) is 59.7 Å². The van der Waals surface area contributed by atoms with Crippen LogP contribution in [0.1, 0.15) is 0 Å². The van der Waals surface area contributed by atoms with Gasteiger partial charge in [0.1, 0.15) is 0 Å². The highest BCUT2D eigenvalue weighted by atomic mass is 15.2. The molecule has 0 aliphatic heterocycles. The predicted octanol–water partition coefficient (Wildman–Crippen LogP) is 14.9. The van der Waals surface area contributed by atoms with Crippen molar-refractivity contribution < 1.29 is 0 Å². The summed E-state index contributed by atoms with van der Waals surface area (Å²) < 4.78 is 4.58. The van der Waals surface area contributed by atoms with Crippen LogP contribution >= 0.6 is 0 Å². The zero-order valence-corrected chi connectivity index (χ0v) is 36.6. The van der Waals surface area contributed by atoms with Crippen molar-refractivity contribution in [1.82, 2.24) is 34.1 Å². The Kier molecular flexibility index (Phi) is 9.35. The lowest BCUT2D eigenvalue weighted by molar-refractivity contribution is 0.953. The van der Waals surface area contributed by atoms with Crippen molar-refractivity contribution in [2.45, 2.75) is 0 Å². The molecule has 0 aliphatic carbocycles. The normalized spacial score (nSPS) is 11.5.